The van der Waals surface area contributed by atoms with Crippen molar-refractivity contribution < 1.29 is 0 Å². The largest absolute Gasteiger partial charge is 0.197 e. The first-order chi connectivity index (χ1) is 7.76. The van der Waals surface area contributed by atoms with Gasteiger partial charge in [0.15, 0.2) is 0 Å². The van der Waals surface area contributed by atoms with E-state index < -0.39 is 0 Å². The van der Waals surface area contributed by atoms with Crippen LogP contribution in [0.4, 0.5) is 0 Å². The van der Waals surface area contributed by atoms with Crippen molar-refractivity contribution in [2.24, 2.45) is 0 Å². The summed E-state index contributed by atoms with van der Waals surface area (Å²) in [5.74, 6) is 0. The van der Waals surface area contributed by atoms with Crippen molar-refractivity contribution in [1.29, 1.82) is 5.26 Å². The van der Waals surface area contributed by atoms with Gasteiger partial charge >= 0.3 is 0 Å². The molecule has 1 fully saturated rings. The molecule has 0 saturated heterocycles. The Morgan fingerprint density at radius 3 is 2.12 bits per heavy atom. The highest BCUT2D eigenvalue weighted by Gasteiger charge is 2.32. The van der Waals surface area contributed by atoms with Gasteiger partial charge < -0.3 is 0 Å². The van der Waals surface area contributed by atoms with Crippen LogP contribution < -0.4 is 0 Å². The van der Waals surface area contributed by atoms with E-state index in [0.717, 1.165) is 30.9 Å². The molecular weight excluding hydrogens is 214 g/mol. The van der Waals surface area contributed by atoms with Crippen molar-refractivity contribution in [2.45, 2.75) is 81.6 Å². The lowest BCUT2D eigenvalue weighted by Gasteiger charge is -2.32. The first-order valence-corrected chi connectivity index (χ1v) is 7.73. The van der Waals surface area contributed by atoms with E-state index in [1.165, 1.54) is 32.1 Å². The van der Waals surface area contributed by atoms with Crippen LogP contribution >= 0.6 is 11.8 Å². The highest BCUT2D eigenvalue weighted by molar-refractivity contribution is 8.01. The molecule has 0 aromatic carbocycles. The van der Waals surface area contributed by atoms with Crippen LogP contribution in [-0.4, -0.2) is 10.00 Å². The maximum atomic E-state index is 9.50. The lowest BCUT2D eigenvalue weighted by molar-refractivity contribution is 0.506. The van der Waals surface area contributed by atoms with Crippen LogP contribution in [0.3, 0.4) is 0 Å². The molecule has 0 bridgehead atoms. The molecule has 0 aromatic rings. The van der Waals surface area contributed by atoms with Gasteiger partial charge in [-0.25, -0.2) is 0 Å². The Labute approximate surface area is 105 Å². The molecule has 0 aliphatic heterocycles. The van der Waals surface area contributed by atoms with Crippen molar-refractivity contribution in [2.75, 3.05) is 0 Å². The normalized spacial score (nSPS) is 18.3. The molecule has 0 amide bonds. The van der Waals surface area contributed by atoms with Crippen molar-refractivity contribution in [3.05, 3.63) is 0 Å². The van der Waals surface area contributed by atoms with Gasteiger partial charge in [0.05, 0.1) is 6.07 Å². The molecule has 1 nitrogen and oxygen atoms in total. The molecule has 2 heteroatoms. The standard InChI is InChI=1S/C14H25NS/c1-3-10-14(12-15,11-4-2)16-13-8-6-5-7-9-13/h13H,3-11H2,1-2H3. The summed E-state index contributed by atoms with van der Waals surface area (Å²) in [7, 11) is 0. The van der Waals surface area contributed by atoms with Crippen molar-refractivity contribution >= 4 is 11.8 Å². The summed E-state index contributed by atoms with van der Waals surface area (Å²) in [6.07, 6.45) is 11.2. The lowest BCUT2D eigenvalue weighted by Crippen LogP contribution is -2.26. The van der Waals surface area contributed by atoms with E-state index in [0.29, 0.717) is 0 Å². The Balaban J connectivity index is 2.56. The zero-order valence-corrected chi connectivity index (χ0v) is 11.6. The van der Waals surface area contributed by atoms with Gasteiger partial charge in [-0.3, -0.25) is 0 Å². The molecular formula is C14H25NS. The number of nitriles is 1. The minimum Gasteiger partial charge on any atom is -0.197 e. The van der Waals surface area contributed by atoms with E-state index in [1.54, 1.807) is 0 Å². The average molecular weight is 239 g/mol. The molecule has 1 rings (SSSR count). The summed E-state index contributed by atoms with van der Waals surface area (Å²) in [6, 6.07) is 2.63. The zero-order valence-electron chi connectivity index (χ0n) is 10.8. The monoisotopic (exact) mass is 239 g/mol. The Bertz CT molecular complexity index is 219. The van der Waals surface area contributed by atoms with Crippen molar-refractivity contribution in [3.63, 3.8) is 0 Å². The van der Waals surface area contributed by atoms with Crippen LogP contribution in [0.5, 0.6) is 0 Å². The topological polar surface area (TPSA) is 23.8 Å². The van der Waals surface area contributed by atoms with Crippen LogP contribution in [0.25, 0.3) is 0 Å². The fourth-order valence-corrected chi connectivity index (χ4v) is 4.59. The van der Waals surface area contributed by atoms with Gasteiger partial charge in [-0.2, -0.15) is 5.26 Å². The molecule has 0 unspecified atom stereocenters. The summed E-state index contributed by atoms with van der Waals surface area (Å²) >= 11 is 2.00. The van der Waals surface area contributed by atoms with Crippen molar-refractivity contribution in [1.82, 2.24) is 0 Å². The average Bonchev–Trinajstić information content (AvgIpc) is 2.31. The smallest absolute Gasteiger partial charge is 0.103 e. The van der Waals surface area contributed by atoms with E-state index in [1.807, 2.05) is 11.8 Å². The lowest BCUT2D eigenvalue weighted by atomic mass is 9.98. The third-order valence-corrected chi connectivity index (χ3v) is 5.21. The first kappa shape index (κ1) is 13.9. The predicted molar refractivity (Wildman–Crippen MR) is 72.6 cm³/mol. The van der Waals surface area contributed by atoms with Gasteiger partial charge in [0, 0.05) is 5.25 Å². The Hall–Kier alpha value is -0.160. The second-order valence-corrected chi connectivity index (χ2v) is 6.67. The molecule has 92 valence electrons. The molecule has 1 aliphatic carbocycles. The van der Waals surface area contributed by atoms with Gasteiger partial charge in [-0.15, -0.1) is 11.8 Å². The number of rotatable bonds is 6. The molecule has 1 aliphatic rings. The molecule has 0 atom stereocenters. The number of hydrogen-bond donors (Lipinski definition) is 0. The highest BCUT2D eigenvalue weighted by atomic mass is 32.2. The molecule has 0 N–H and O–H groups in total. The predicted octanol–water partition coefficient (Wildman–Crippen LogP) is 4.91. The van der Waals surface area contributed by atoms with Gasteiger partial charge in [0.2, 0.25) is 0 Å². The maximum Gasteiger partial charge on any atom is 0.103 e. The van der Waals surface area contributed by atoms with Gasteiger partial charge in [0.1, 0.15) is 4.75 Å². The van der Waals surface area contributed by atoms with Crippen LogP contribution in [0.2, 0.25) is 0 Å². The number of hydrogen-bond acceptors (Lipinski definition) is 2. The van der Waals surface area contributed by atoms with Gasteiger partial charge in [-0.1, -0.05) is 46.0 Å². The second-order valence-electron chi connectivity index (χ2n) is 4.98. The molecule has 16 heavy (non-hydrogen) atoms. The molecule has 0 aromatic heterocycles. The second kappa shape index (κ2) is 7.22. The summed E-state index contributed by atoms with van der Waals surface area (Å²) in [5.41, 5.74) is 0. The minimum absolute atomic E-state index is 0.0779. The van der Waals surface area contributed by atoms with Crippen molar-refractivity contribution in [3.8, 4) is 6.07 Å². The van der Waals surface area contributed by atoms with E-state index in [9.17, 15) is 5.26 Å². The van der Waals surface area contributed by atoms with Crippen LogP contribution in [-0.2, 0) is 0 Å². The van der Waals surface area contributed by atoms with Crippen LogP contribution in [0, 0.1) is 11.3 Å². The SMILES string of the molecule is CCCC(C#N)(CCC)SC1CCCCC1. The van der Waals surface area contributed by atoms with Crippen LogP contribution in [0.15, 0.2) is 0 Å². The fraction of sp³-hybridized carbons (Fsp3) is 0.929. The highest BCUT2D eigenvalue weighted by Crippen LogP contribution is 2.42. The van der Waals surface area contributed by atoms with E-state index >= 15 is 0 Å². The third-order valence-electron chi connectivity index (χ3n) is 3.46. The summed E-state index contributed by atoms with van der Waals surface area (Å²) in [4.78, 5) is 0. The Morgan fingerprint density at radius 1 is 1.12 bits per heavy atom. The Kier molecular flexibility index (Phi) is 6.28. The molecule has 0 radical (unpaired) electrons. The minimum atomic E-state index is -0.0779. The maximum absolute atomic E-state index is 9.50. The summed E-state index contributed by atoms with van der Waals surface area (Å²) < 4.78 is -0.0779. The van der Waals surface area contributed by atoms with Crippen LogP contribution in [0.1, 0.15) is 71.6 Å². The quantitative estimate of drug-likeness (QED) is 0.657. The number of nitrogens with zero attached hydrogens (tertiary/aromatic N) is 1. The van der Waals surface area contributed by atoms with E-state index in [-0.39, 0.29) is 4.75 Å². The Morgan fingerprint density at radius 2 is 1.69 bits per heavy atom. The fourth-order valence-electron chi connectivity index (χ4n) is 2.69. The molecule has 1 saturated carbocycles. The summed E-state index contributed by atoms with van der Waals surface area (Å²) in [5, 5.41) is 10.3. The number of thioether (sulfide) groups is 1. The zero-order chi connectivity index (χ0) is 11.9. The van der Waals surface area contributed by atoms with Gasteiger partial charge in [-0.05, 0) is 25.7 Å². The first-order valence-electron chi connectivity index (χ1n) is 6.85. The molecule has 0 spiro atoms. The van der Waals surface area contributed by atoms with E-state index in [2.05, 4.69) is 19.9 Å². The summed E-state index contributed by atoms with van der Waals surface area (Å²) in [6.45, 7) is 4.40. The van der Waals surface area contributed by atoms with Gasteiger partial charge in [0.25, 0.3) is 0 Å². The van der Waals surface area contributed by atoms with E-state index in [4.69, 9.17) is 0 Å². The third kappa shape index (κ3) is 4.01. The molecule has 0 heterocycles.